The van der Waals surface area contributed by atoms with Crippen LogP contribution in [0.3, 0.4) is 0 Å². The van der Waals surface area contributed by atoms with Crippen LogP contribution < -0.4 is 5.32 Å². The van der Waals surface area contributed by atoms with Crippen LogP contribution in [0.15, 0.2) is 24.3 Å². The molecule has 1 aromatic carbocycles. The average Bonchev–Trinajstić information content (AvgIpc) is 2.81. The monoisotopic (exact) mass is 348 g/mol. The summed E-state index contributed by atoms with van der Waals surface area (Å²) in [5.74, 6) is 0. The van der Waals surface area contributed by atoms with Crippen LogP contribution in [0, 0.1) is 13.8 Å². The summed E-state index contributed by atoms with van der Waals surface area (Å²) < 4.78 is 7.57. The molecule has 0 saturated carbocycles. The Hall–Kier alpha value is -2.05. The molecule has 1 aliphatic rings. The number of aryl methyl sites for hydroxylation is 2. The molecule has 128 valence electrons. The minimum Gasteiger partial charge on any atom is -0.370 e. The highest BCUT2D eigenvalue weighted by Crippen LogP contribution is 2.25. The van der Waals surface area contributed by atoms with Gasteiger partial charge in [-0.15, -0.1) is 0 Å². The maximum Gasteiger partial charge on any atom is 0.322 e. The number of hydrogen-bond acceptors (Lipinski definition) is 3. The Morgan fingerprint density at radius 3 is 2.88 bits per heavy atom. The molecule has 1 atom stereocenters. The first kappa shape index (κ1) is 16.8. The van der Waals surface area contributed by atoms with E-state index in [1.54, 1.807) is 9.58 Å². The third-order valence-corrected chi connectivity index (χ3v) is 4.55. The van der Waals surface area contributed by atoms with Crippen LogP contribution in [-0.2, 0) is 11.8 Å². The predicted octanol–water partition coefficient (Wildman–Crippen LogP) is 3.30. The number of urea groups is 1. The number of benzene rings is 1. The molecule has 1 saturated heterocycles. The fraction of sp³-hybridized carbons (Fsp3) is 0.412. The molecule has 24 heavy (non-hydrogen) atoms. The molecule has 2 amide bonds. The van der Waals surface area contributed by atoms with Crippen molar-refractivity contribution in [1.29, 1.82) is 0 Å². The fourth-order valence-electron chi connectivity index (χ4n) is 2.88. The zero-order valence-electron chi connectivity index (χ0n) is 14.0. The largest absolute Gasteiger partial charge is 0.370 e. The van der Waals surface area contributed by atoms with Crippen molar-refractivity contribution in [2.24, 2.45) is 7.05 Å². The topological polar surface area (TPSA) is 59.4 Å². The zero-order chi connectivity index (χ0) is 17.3. The molecule has 2 heterocycles. The summed E-state index contributed by atoms with van der Waals surface area (Å²) in [6, 6.07) is 7.43. The smallest absolute Gasteiger partial charge is 0.322 e. The van der Waals surface area contributed by atoms with Gasteiger partial charge in [0.15, 0.2) is 0 Å². The van der Waals surface area contributed by atoms with Gasteiger partial charge in [-0.25, -0.2) is 4.79 Å². The number of aromatic nitrogens is 2. The van der Waals surface area contributed by atoms with Gasteiger partial charge in [0.05, 0.1) is 30.2 Å². The van der Waals surface area contributed by atoms with Gasteiger partial charge in [0.2, 0.25) is 0 Å². The lowest BCUT2D eigenvalue weighted by atomic mass is 10.1. The number of rotatable bonds is 2. The van der Waals surface area contributed by atoms with E-state index in [0.29, 0.717) is 24.7 Å². The van der Waals surface area contributed by atoms with Crippen molar-refractivity contribution in [3.8, 4) is 0 Å². The van der Waals surface area contributed by atoms with E-state index in [4.69, 9.17) is 16.3 Å². The number of carbonyl (C=O) groups is 1. The summed E-state index contributed by atoms with van der Waals surface area (Å²) in [4.78, 5) is 14.4. The Bertz CT molecular complexity index is 759. The van der Waals surface area contributed by atoms with E-state index in [0.717, 1.165) is 22.6 Å². The van der Waals surface area contributed by atoms with Crippen LogP contribution in [-0.4, -0.2) is 40.4 Å². The molecule has 1 unspecified atom stereocenters. The van der Waals surface area contributed by atoms with Gasteiger partial charge in [0, 0.05) is 18.6 Å². The van der Waals surface area contributed by atoms with Crippen molar-refractivity contribution in [2.75, 3.05) is 25.0 Å². The van der Waals surface area contributed by atoms with Crippen LogP contribution in [0.2, 0.25) is 5.02 Å². The quantitative estimate of drug-likeness (QED) is 0.905. The second-order valence-electron chi connectivity index (χ2n) is 5.96. The Kier molecular flexibility index (Phi) is 4.78. The standard InChI is InChI=1S/C17H21ClN4O2/c1-11-16(12(2)21(3)20-11)19-17(23)22-7-8-24-15(10-22)13-5-4-6-14(18)9-13/h4-6,9,15H,7-8,10H2,1-3H3,(H,19,23). The second-order valence-corrected chi connectivity index (χ2v) is 6.40. The van der Waals surface area contributed by atoms with Gasteiger partial charge in [-0.2, -0.15) is 5.10 Å². The van der Waals surface area contributed by atoms with Crippen LogP contribution in [0.1, 0.15) is 23.1 Å². The predicted molar refractivity (Wildman–Crippen MR) is 93.4 cm³/mol. The van der Waals surface area contributed by atoms with Crippen molar-refractivity contribution in [1.82, 2.24) is 14.7 Å². The van der Waals surface area contributed by atoms with E-state index in [-0.39, 0.29) is 12.1 Å². The van der Waals surface area contributed by atoms with Gasteiger partial charge >= 0.3 is 6.03 Å². The summed E-state index contributed by atoms with van der Waals surface area (Å²) in [6.07, 6.45) is -0.167. The molecule has 0 radical (unpaired) electrons. The number of nitrogens with one attached hydrogen (secondary N) is 1. The van der Waals surface area contributed by atoms with E-state index in [9.17, 15) is 4.79 Å². The van der Waals surface area contributed by atoms with E-state index in [1.807, 2.05) is 45.2 Å². The zero-order valence-corrected chi connectivity index (χ0v) is 14.8. The SMILES string of the molecule is Cc1nn(C)c(C)c1NC(=O)N1CCOC(c2cccc(Cl)c2)C1. The van der Waals surface area contributed by atoms with Crippen molar-refractivity contribution in [3.63, 3.8) is 0 Å². The van der Waals surface area contributed by atoms with Gasteiger partial charge < -0.3 is 15.0 Å². The molecule has 1 aromatic heterocycles. The number of amides is 2. The normalized spacial score (nSPS) is 17.8. The maximum absolute atomic E-state index is 12.6. The van der Waals surface area contributed by atoms with Crippen molar-refractivity contribution in [2.45, 2.75) is 20.0 Å². The summed E-state index contributed by atoms with van der Waals surface area (Å²) in [5, 5.41) is 7.97. The number of morpholine rings is 1. The van der Waals surface area contributed by atoms with Gasteiger partial charge in [0.1, 0.15) is 6.10 Å². The van der Waals surface area contributed by atoms with Gasteiger partial charge in [0.25, 0.3) is 0 Å². The van der Waals surface area contributed by atoms with E-state index in [1.165, 1.54) is 0 Å². The third-order valence-electron chi connectivity index (χ3n) is 4.32. The third kappa shape index (κ3) is 3.39. The van der Waals surface area contributed by atoms with Crippen LogP contribution in [0.25, 0.3) is 0 Å². The van der Waals surface area contributed by atoms with Crippen LogP contribution >= 0.6 is 11.6 Å². The van der Waals surface area contributed by atoms with Crippen LogP contribution in [0.5, 0.6) is 0 Å². The van der Waals surface area contributed by atoms with E-state index in [2.05, 4.69) is 10.4 Å². The van der Waals surface area contributed by atoms with Crippen molar-refractivity contribution < 1.29 is 9.53 Å². The summed E-state index contributed by atoms with van der Waals surface area (Å²) in [6.45, 7) is 5.36. The van der Waals surface area contributed by atoms with Gasteiger partial charge in [-0.3, -0.25) is 4.68 Å². The van der Waals surface area contributed by atoms with E-state index >= 15 is 0 Å². The second kappa shape index (κ2) is 6.83. The molecule has 0 aliphatic carbocycles. The van der Waals surface area contributed by atoms with Crippen molar-refractivity contribution in [3.05, 3.63) is 46.2 Å². The molecule has 2 aromatic rings. The summed E-state index contributed by atoms with van der Waals surface area (Å²) in [5.41, 5.74) is 3.49. The molecule has 1 fully saturated rings. The number of nitrogens with zero attached hydrogens (tertiary/aromatic N) is 3. The molecule has 0 spiro atoms. The Labute approximate surface area is 146 Å². The lowest BCUT2D eigenvalue weighted by molar-refractivity contribution is -0.0135. The Balaban J connectivity index is 1.71. The first-order valence-corrected chi connectivity index (χ1v) is 8.26. The minimum atomic E-state index is -0.167. The lowest BCUT2D eigenvalue weighted by Crippen LogP contribution is -2.44. The highest BCUT2D eigenvalue weighted by Gasteiger charge is 2.26. The highest BCUT2D eigenvalue weighted by molar-refractivity contribution is 6.30. The lowest BCUT2D eigenvalue weighted by Gasteiger charge is -2.33. The number of hydrogen-bond donors (Lipinski definition) is 1. The Morgan fingerprint density at radius 2 is 2.21 bits per heavy atom. The van der Waals surface area contributed by atoms with E-state index < -0.39 is 0 Å². The number of anilines is 1. The van der Waals surface area contributed by atoms with Crippen LogP contribution in [0.4, 0.5) is 10.5 Å². The summed E-state index contributed by atoms with van der Waals surface area (Å²) >= 11 is 6.05. The molecule has 1 N–H and O–H groups in total. The summed E-state index contributed by atoms with van der Waals surface area (Å²) in [7, 11) is 1.86. The van der Waals surface area contributed by atoms with Gasteiger partial charge in [-0.1, -0.05) is 23.7 Å². The first-order valence-electron chi connectivity index (χ1n) is 7.89. The molecule has 7 heteroatoms. The van der Waals surface area contributed by atoms with Crippen molar-refractivity contribution >= 4 is 23.3 Å². The molecule has 6 nitrogen and oxygen atoms in total. The highest BCUT2D eigenvalue weighted by atomic mass is 35.5. The van der Waals surface area contributed by atoms with Gasteiger partial charge in [-0.05, 0) is 31.5 Å². The number of carbonyl (C=O) groups excluding carboxylic acids is 1. The average molecular weight is 349 g/mol. The Morgan fingerprint density at radius 1 is 1.42 bits per heavy atom. The molecular weight excluding hydrogens is 328 g/mol. The first-order chi connectivity index (χ1) is 11.5. The number of ether oxygens (including phenoxy) is 1. The molecule has 0 bridgehead atoms. The molecule has 1 aliphatic heterocycles. The molecule has 3 rings (SSSR count). The molecular formula is C17H21ClN4O2. The maximum atomic E-state index is 12.6. The fourth-order valence-corrected chi connectivity index (χ4v) is 3.08. The number of halogens is 1. The minimum absolute atomic E-state index is 0.135.